The van der Waals surface area contributed by atoms with Crippen LogP contribution in [0.3, 0.4) is 0 Å². The molecule has 1 fully saturated rings. The third-order valence-electron chi connectivity index (χ3n) is 6.49. The topological polar surface area (TPSA) is 59.9 Å². The van der Waals surface area contributed by atoms with Gasteiger partial charge < -0.3 is 19.8 Å². The summed E-state index contributed by atoms with van der Waals surface area (Å²) in [7, 11) is 2.09. The predicted molar refractivity (Wildman–Crippen MR) is 125 cm³/mol. The fourth-order valence-corrected chi connectivity index (χ4v) is 5.49. The number of hydrogen-bond acceptors (Lipinski definition) is 5. The number of fused-ring (bicyclic) bond motifs is 1. The summed E-state index contributed by atoms with van der Waals surface area (Å²) in [6, 6.07) is 13.3. The second-order valence-electron chi connectivity index (χ2n) is 8.33. The molecule has 1 aliphatic heterocycles. The molecule has 3 aromatic rings. The van der Waals surface area contributed by atoms with Crippen LogP contribution in [-0.2, 0) is 6.42 Å². The summed E-state index contributed by atoms with van der Waals surface area (Å²) in [5, 5.41) is 12.2. The number of rotatable bonds is 4. The molecule has 1 aliphatic carbocycles. The van der Waals surface area contributed by atoms with E-state index in [9.17, 15) is 14.3 Å². The number of benzene rings is 2. The summed E-state index contributed by atoms with van der Waals surface area (Å²) in [5.74, 6) is -0.246. The Hall–Kier alpha value is -3.13. The van der Waals surface area contributed by atoms with Crippen LogP contribution in [0, 0.1) is 5.82 Å². The van der Waals surface area contributed by atoms with Gasteiger partial charge in [-0.25, -0.2) is 14.2 Å². The van der Waals surface area contributed by atoms with Gasteiger partial charge in [0.15, 0.2) is 5.13 Å². The lowest BCUT2D eigenvalue weighted by molar-refractivity contribution is 0.142. The van der Waals surface area contributed by atoms with Crippen molar-refractivity contribution in [1.29, 1.82) is 0 Å². The van der Waals surface area contributed by atoms with Gasteiger partial charge in [0.2, 0.25) is 0 Å². The predicted octanol–water partition coefficient (Wildman–Crippen LogP) is 4.87. The van der Waals surface area contributed by atoms with Gasteiger partial charge in [-0.05, 0) is 60.4 Å². The lowest BCUT2D eigenvalue weighted by Crippen LogP contribution is -2.48. The molecule has 1 unspecified atom stereocenters. The third kappa shape index (κ3) is 3.90. The first-order valence-corrected chi connectivity index (χ1v) is 11.7. The quantitative estimate of drug-likeness (QED) is 0.612. The number of amides is 1. The van der Waals surface area contributed by atoms with Crippen molar-refractivity contribution in [3.8, 4) is 11.3 Å². The molecule has 1 N–H and O–H groups in total. The van der Waals surface area contributed by atoms with E-state index in [2.05, 4.69) is 35.0 Å². The number of carboxylic acid groups (broad SMARTS) is 1. The molecule has 5 rings (SSSR count). The van der Waals surface area contributed by atoms with Gasteiger partial charge in [0.05, 0.1) is 11.7 Å². The standard InChI is InChI=1S/C24H25FN4O2S/c1-27(23-26-21(15-32-23)17-2-6-18(25)7-3-17)22-9-5-16-4-8-19(14-20(16)22)28-10-12-29(13-11-28)24(30)31/h2-4,6-8,14-15,22H,5,9-13H2,1H3,(H,30,31). The van der Waals surface area contributed by atoms with E-state index in [0.29, 0.717) is 26.2 Å². The summed E-state index contributed by atoms with van der Waals surface area (Å²) in [6.07, 6.45) is 1.23. The summed E-state index contributed by atoms with van der Waals surface area (Å²) in [5.41, 5.74) is 5.62. The van der Waals surface area contributed by atoms with E-state index < -0.39 is 6.09 Å². The molecule has 1 atom stereocenters. The second-order valence-corrected chi connectivity index (χ2v) is 9.16. The van der Waals surface area contributed by atoms with E-state index in [1.165, 1.54) is 28.2 Å². The highest BCUT2D eigenvalue weighted by atomic mass is 32.1. The number of thiazole rings is 1. The smallest absolute Gasteiger partial charge is 0.407 e. The monoisotopic (exact) mass is 452 g/mol. The fraction of sp³-hybridized carbons (Fsp3) is 0.333. The normalized spacial score (nSPS) is 18.0. The van der Waals surface area contributed by atoms with Gasteiger partial charge in [-0.3, -0.25) is 0 Å². The lowest BCUT2D eigenvalue weighted by atomic mass is 10.1. The molecule has 1 aromatic heterocycles. The van der Waals surface area contributed by atoms with E-state index in [1.807, 2.05) is 5.38 Å². The molecule has 0 radical (unpaired) electrons. The number of aryl methyl sites for hydroxylation is 1. The molecule has 166 valence electrons. The molecule has 2 heterocycles. The molecule has 8 heteroatoms. The number of hydrogen-bond donors (Lipinski definition) is 1. The molecular formula is C24H25FN4O2S. The van der Waals surface area contributed by atoms with Gasteiger partial charge in [-0.2, -0.15) is 0 Å². The number of piperazine rings is 1. The Kier molecular flexibility index (Phi) is 5.46. The average molecular weight is 453 g/mol. The Labute approximate surface area is 190 Å². The number of carbonyl (C=O) groups is 1. The van der Waals surface area contributed by atoms with Crippen LogP contribution in [0.5, 0.6) is 0 Å². The van der Waals surface area contributed by atoms with Gasteiger partial charge in [-0.1, -0.05) is 6.07 Å². The average Bonchev–Trinajstić information content (AvgIpc) is 3.46. The van der Waals surface area contributed by atoms with Crippen molar-refractivity contribution >= 4 is 28.2 Å². The van der Waals surface area contributed by atoms with E-state index in [4.69, 9.17) is 4.98 Å². The summed E-state index contributed by atoms with van der Waals surface area (Å²) in [4.78, 5) is 22.0. The minimum Gasteiger partial charge on any atom is -0.465 e. The van der Waals surface area contributed by atoms with Gasteiger partial charge >= 0.3 is 6.09 Å². The Morgan fingerprint density at radius 3 is 2.62 bits per heavy atom. The van der Waals surface area contributed by atoms with Crippen molar-refractivity contribution in [2.45, 2.75) is 18.9 Å². The Balaban J connectivity index is 1.34. The molecule has 2 aromatic carbocycles. The van der Waals surface area contributed by atoms with E-state index in [1.54, 1.807) is 23.5 Å². The third-order valence-corrected chi connectivity index (χ3v) is 7.42. The summed E-state index contributed by atoms with van der Waals surface area (Å²) in [6.45, 7) is 2.47. The maximum atomic E-state index is 13.2. The van der Waals surface area contributed by atoms with Crippen molar-refractivity contribution in [2.24, 2.45) is 0 Å². The summed E-state index contributed by atoms with van der Waals surface area (Å²) < 4.78 is 13.2. The molecular weight excluding hydrogens is 427 g/mol. The van der Waals surface area contributed by atoms with Gasteiger partial charge in [0.25, 0.3) is 0 Å². The maximum Gasteiger partial charge on any atom is 0.407 e. The minimum absolute atomic E-state index is 0.246. The molecule has 0 bridgehead atoms. The molecule has 32 heavy (non-hydrogen) atoms. The fourth-order valence-electron chi connectivity index (χ4n) is 4.64. The SMILES string of the molecule is CN(c1nc(-c2ccc(F)cc2)cs1)C1CCc2ccc(N3CCN(C(=O)O)CC3)cc21. The van der Waals surface area contributed by atoms with Crippen molar-refractivity contribution in [1.82, 2.24) is 9.88 Å². The van der Waals surface area contributed by atoms with E-state index in [0.717, 1.165) is 34.9 Å². The Morgan fingerprint density at radius 1 is 1.16 bits per heavy atom. The molecule has 0 saturated carbocycles. The van der Waals surface area contributed by atoms with Crippen molar-refractivity contribution in [3.63, 3.8) is 0 Å². The molecule has 1 amide bonds. The molecule has 6 nitrogen and oxygen atoms in total. The van der Waals surface area contributed by atoms with Crippen LogP contribution in [-0.4, -0.2) is 54.3 Å². The summed E-state index contributed by atoms with van der Waals surface area (Å²) >= 11 is 1.60. The number of anilines is 2. The van der Waals surface area contributed by atoms with Crippen LogP contribution < -0.4 is 9.80 Å². The van der Waals surface area contributed by atoms with Gasteiger partial charge in [0.1, 0.15) is 5.82 Å². The van der Waals surface area contributed by atoms with Crippen LogP contribution >= 0.6 is 11.3 Å². The Morgan fingerprint density at radius 2 is 1.91 bits per heavy atom. The number of halogens is 1. The molecule has 0 spiro atoms. The van der Waals surface area contributed by atoms with Gasteiger partial charge in [-0.15, -0.1) is 11.3 Å². The van der Waals surface area contributed by atoms with Crippen LogP contribution in [0.2, 0.25) is 0 Å². The lowest BCUT2D eigenvalue weighted by Gasteiger charge is -2.35. The van der Waals surface area contributed by atoms with E-state index in [-0.39, 0.29) is 11.9 Å². The highest BCUT2D eigenvalue weighted by Crippen LogP contribution is 2.41. The van der Waals surface area contributed by atoms with E-state index >= 15 is 0 Å². The number of aromatic nitrogens is 1. The van der Waals surface area contributed by atoms with Crippen LogP contribution in [0.25, 0.3) is 11.3 Å². The van der Waals surface area contributed by atoms with Gasteiger partial charge in [0, 0.05) is 49.9 Å². The van der Waals surface area contributed by atoms with Crippen molar-refractivity contribution < 1.29 is 14.3 Å². The second kappa shape index (κ2) is 8.43. The van der Waals surface area contributed by atoms with Crippen molar-refractivity contribution in [3.05, 3.63) is 64.8 Å². The zero-order valence-electron chi connectivity index (χ0n) is 17.9. The van der Waals surface area contributed by atoms with Crippen LogP contribution in [0.15, 0.2) is 47.8 Å². The molecule has 1 saturated heterocycles. The van der Waals surface area contributed by atoms with Crippen molar-refractivity contribution in [2.75, 3.05) is 43.0 Å². The zero-order chi connectivity index (χ0) is 22.2. The highest BCUT2D eigenvalue weighted by Gasteiger charge is 2.29. The van der Waals surface area contributed by atoms with Crippen LogP contribution in [0.1, 0.15) is 23.6 Å². The largest absolute Gasteiger partial charge is 0.465 e. The first-order chi connectivity index (χ1) is 15.5. The van der Waals surface area contributed by atoms with Crippen LogP contribution in [0.4, 0.5) is 20.0 Å². The number of nitrogens with zero attached hydrogens (tertiary/aromatic N) is 4. The minimum atomic E-state index is -0.844. The molecule has 2 aliphatic rings. The highest BCUT2D eigenvalue weighted by molar-refractivity contribution is 7.14. The maximum absolute atomic E-state index is 13.2. The Bertz CT molecular complexity index is 1130. The first-order valence-electron chi connectivity index (χ1n) is 10.8. The first kappa shape index (κ1) is 20.8. The zero-order valence-corrected chi connectivity index (χ0v) is 18.7.